The van der Waals surface area contributed by atoms with E-state index in [1.807, 2.05) is 0 Å². The minimum absolute atomic E-state index is 0.308. The Kier molecular flexibility index (Phi) is 18.8. The molecule has 0 amide bonds. The quantitative estimate of drug-likeness (QED) is 0.387. The average Bonchev–Trinajstić information content (AvgIpc) is 2.47. The lowest BCUT2D eigenvalue weighted by molar-refractivity contribution is -0.139. The lowest BCUT2D eigenvalue weighted by Crippen LogP contribution is -2.29. The third-order valence-electron chi connectivity index (χ3n) is 3.28. The topological polar surface area (TPSA) is 127 Å². The van der Waals surface area contributed by atoms with Crippen molar-refractivity contribution in [3.05, 3.63) is 0 Å². The van der Waals surface area contributed by atoms with Crippen LogP contribution >= 0.6 is 0 Å². The Bertz CT molecular complexity index is 273. The largest absolute Gasteiger partial charge is 0.481 e. The summed E-state index contributed by atoms with van der Waals surface area (Å²) in [6, 6.07) is -0.660. The van der Waals surface area contributed by atoms with Gasteiger partial charge in [-0.1, -0.05) is 51.9 Å². The number of aliphatic carboxylic acids is 2. The minimum atomic E-state index is -0.888. The van der Waals surface area contributed by atoms with Crippen LogP contribution in [0.1, 0.15) is 77.6 Å². The van der Waals surface area contributed by atoms with Crippen molar-refractivity contribution in [3.63, 3.8) is 0 Å². The van der Waals surface area contributed by atoms with E-state index in [9.17, 15) is 9.59 Å². The van der Waals surface area contributed by atoms with Crippen LogP contribution < -0.4 is 11.5 Å². The molecule has 0 aliphatic rings. The first-order valence-corrected chi connectivity index (χ1v) is 8.35. The Labute approximate surface area is 134 Å². The van der Waals surface area contributed by atoms with Crippen LogP contribution in [0.4, 0.5) is 0 Å². The zero-order valence-electron chi connectivity index (χ0n) is 13.9. The number of nitrogens with two attached hydrogens (primary N) is 2. The number of rotatable bonds is 13. The maximum atomic E-state index is 10.2. The van der Waals surface area contributed by atoms with Crippen molar-refractivity contribution < 1.29 is 19.8 Å². The number of hydrogen-bond donors (Lipinski definition) is 4. The molecular weight excluding hydrogens is 284 g/mol. The highest BCUT2D eigenvalue weighted by Crippen LogP contribution is 2.04. The summed E-state index contributed by atoms with van der Waals surface area (Å²) in [5.41, 5.74) is 10.6. The van der Waals surface area contributed by atoms with E-state index in [0.29, 0.717) is 12.8 Å². The highest BCUT2D eigenvalue weighted by Gasteiger charge is 2.09. The lowest BCUT2D eigenvalue weighted by Gasteiger charge is -2.04. The van der Waals surface area contributed by atoms with Gasteiger partial charge < -0.3 is 21.7 Å². The molecule has 0 bridgehead atoms. The molecule has 0 aromatic carbocycles. The molecule has 0 aromatic heterocycles. The van der Waals surface area contributed by atoms with Crippen LogP contribution in [0, 0.1) is 0 Å². The summed E-state index contributed by atoms with van der Waals surface area (Å²) in [5, 5.41) is 16.7. The van der Waals surface area contributed by atoms with Gasteiger partial charge in [-0.25, -0.2) is 0 Å². The molecule has 0 spiro atoms. The Balaban J connectivity index is 0. The maximum absolute atomic E-state index is 10.2. The van der Waals surface area contributed by atoms with Crippen molar-refractivity contribution in [2.45, 2.75) is 83.6 Å². The van der Waals surface area contributed by atoms with Crippen LogP contribution in [0.25, 0.3) is 0 Å². The van der Waals surface area contributed by atoms with Crippen molar-refractivity contribution in [1.29, 1.82) is 0 Å². The Hall–Kier alpha value is -1.14. The number of carbonyl (C=O) groups is 2. The summed E-state index contributed by atoms with van der Waals surface area (Å²) in [5.74, 6) is -1.58. The predicted octanol–water partition coefficient (Wildman–Crippen LogP) is 2.74. The molecule has 6 heteroatoms. The monoisotopic (exact) mass is 318 g/mol. The number of unbranched alkanes of at least 4 members (excludes halogenated alkanes) is 7. The summed E-state index contributed by atoms with van der Waals surface area (Å²) in [6.07, 6.45) is 10.4. The fraction of sp³-hybridized carbons (Fsp3) is 0.875. The van der Waals surface area contributed by atoms with Gasteiger partial charge in [-0.2, -0.15) is 0 Å². The Morgan fingerprint density at radius 3 is 1.95 bits per heavy atom. The van der Waals surface area contributed by atoms with Crippen LogP contribution in [0.15, 0.2) is 0 Å². The van der Waals surface area contributed by atoms with E-state index in [0.717, 1.165) is 51.5 Å². The molecule has 1 unspecified atom stereocenters. The molecule has 0 heterocycles. The second kappa shape index (κ2) is 17.9. The van der Waals surface area contributed by atoms with Crippen molar-refractivity contribution in [1.82, 2.24) is 0 Å². The Morgan fingerprint density at radius 1 is 0.909 bits per heavy atom. The van der Waals surface area contributed by atoms with E-state index < -0.39 is 18.0 Å². The summed E-state index contributed by atoms with van der Waals surface area (Å²) >= 11 is 0. The first-order chi connectivity index (χ1) is 10.5. The average molecular weight is 318 g/mol. The van der Waals surface area contributed by atoms with Gasteiger partial charge in [0.15, 0.2) is 0 Å². The van der Waals surface area contributed by atoms with Gasteiger partial charge in [-0.05, 0) is 25.8 Å². The van der Waals surface area contributed by atoms with Crippen molar-refractivity contribution in [2.75, 3.05) is 6.54 Å². The summed E-state index contributed by atoms with van der Waals surface area (Å²) < 4.78 is 0. The molecule has 6 nitrogen and oxygen atoms in total. The molecular formula is C16H34N2O4. The van der Waals surface area contributed by atoms with Crippen LogP contribution in [-0.2, 0) is 9.59 Å². The van der Waals surface area contributed by atoms with Crippen LogP contribution in [0.5, 0.6) is 0 Å². The van der Waals surface area contributed by atoms with E-state index in [1.165, 1.54) is 12.8 Å². The highest BCUT2D eigenvalue weighted by atomic mass is 16.4. The molecule has 0 aliphatic heterocycles. The van der Waals surface area contributed by atoms with Gasteiger partial charge in [-0.3, -0.25) is 9.59 Å². The van der Waals surface area contributed by atoms with E-state index in [-0.39, 0.29) is 0 Å². The third-order valence-corrected chi connectivity index (χ3v) is 3.28. The molecule has 22 heavy (non-hydrogen) atoms. The zero-order valence-corrected chi connectivity index (χ0v) is 13.9. The molecule has 0 aliphatic carbocycles. The highest BCUT2D eigenvalue weighted by molar-refractivity contribution is 5.72. The zero-order chi connectivity index (χ0) is 17.2. The molecule has 6 N–H and O–H groups in total. The van der Waals surface area contributed by atoms with Gasteiger partial charge in [0, 0.05) is 6.42 Å². The molecule has 132 valence electrons. The van der Waals surface area contributed by atoms with Crippen molar-refractivity contribution in [2.24, 2.45) is 11.5 Å². The van der Waals surface area contributed by atoms with Gasteiger partial charge in [0.2, 0.25) is 0 Å². The molecule has 0 radical (unpaired) electrons. The van der Waals surface area contributed by atoms with Gasteiger partial charge in [-0.15, -0.1) is 0 Å². The molecule has 0 fully saturated rings. The fourth-order valence-electron chi connectivity index (χ4n) is 1.87. The number of carboxylic acids is 2. The summed E-state index contributed by atoms with van der Waals surface area (Å²) in [6.45, 7) is 2.87. The van der Waals surface area contributed by atoms with E-state index in [4.69, 9.17) is 21.7 Å². The lowest BCUT2D eigenvalue weighted by atomic mass is 10.1. The normalized spacial score (nSPS) is 11.4. The first-order valence-electron chi connectivity index (χ1n) is 8.35. The second-order valence-corrected chi connectivity index (χ2v) is 5.49. The summed E-state index contributed by atoms with van der Waals surface area (Å²) in [4.78, 5) is 20.3. The van der Waals surface area contributed by atoms with Crippen molar-refractivity contribution in [3.8, 4) is 0 Å². The van der Waals surface area contributed by atoms with E-state index in [1.54, 1.807) is 0 Å². The van der Waals surface area contributed by atoms with E-state index in [2.05, 4.69) is 6.92 Å². The van der Waals surface area contributed by atoms with Gasteiger partial charge in [0.25, 0.3) is 0 Å². The smallest absolute Gasteiger partial charge is 0.320 e. The molecule has 0 aromatic rings. The maximum Gasteiger partial charge on any atom is 0.320 e. The second-order valence-electron chi connectivity index (χ2n) is 5.49. The SMILES string of the molecule is CCCCCCC(N)C(=O)O.NCCCCCCCC(=O)O. The van der Waals surface area contributed by atoms with Crippen molar-refractivity contribution >= 4 is 11.9 Å². The van der Waals surface area contributed by atoms with Crippen LogP contribution in [0.2, 0.25) is 0 Å². The molecule has 1 atom stereocenters. The minimum Gasteiger partial charge on any atom is -0.481 e. The first kappa shape index (κ1) is 23.1. The fourth-order valence-corrected chi connectivity index (χ4v) is 1.87. The predicted molar refractivity (Wildman–Crippen MR) is 88.8 cm³/mol. The number of carboxylic acid groups (broad SMARTS) is 2. The van der Waals surface area contributed by atoms with Gasteiger partial charge in [0.1, 0.15) is 6.04 Å². The Morgan fingerprint density at radius 2 is 1.45 bits per heavy atom. The molecule has 0 saturated carbocycles. The van der Waals surface area contributed by atoms with Gasteiger partial charge >= 0.3 is 11.9 Å². The number of hydrogen-bond acceptors (Lipinski definition) is 4. The van der Waals surface area contributed by atoms with Gasteiger partial charge in [0.05, 0.1) is 0 Å². The summed E-state index contributed by atoms with van der Waals surface area (Å²) in [7, 11) is 0. The van der Waals surface area contributed by atoms with Crippen LogP contribution in [0.3, 0.4) is 0 Å². The molecule has 0 saturated heterocycles. The standard InChI is InChI=1S/2C8H17NO2/c1-2-3-4-5-6-7(9)8(10)11;9-7-5-3-1-2-4-6-8(10)11/h7H,2-6,9H2,1H3,(H,10,11);1-7,9H2,(H,10,11). The van der Waals surface area contributed by atoms with Crippen LogP contribution in [-0.4, -0.2) is 34.7 Å². The third kappa shape index (κ3) is 21.2. The van der Waals surface area contributed by atoms with E-state index >= 15 is 0 Å². The molecule has 0 rings (SSSR count).